The Morgan fingerprint density at radius 1 is 0.766 bits per heavy atom. The van der Waals surface area contributed by atoms with Crippen LogP contribution in [0.2, 0.25) is 0 Å². The molecule has 0 saturated carbocycles. The molecule has 1 atom stereocenters. The van der Waals surface area contributed by atoms with Crippen LogP contribution >= 0.6 is 0 Å². The SMILES string of the molecule is CCn1nc(C)cc1C(=O)Nc1nc2cc(C(N)=O)ccc2n1C/C=C/Cn1c(NC(=O)c2cc(C)nn2CC)nc2cc(C(N)=O)cc(OCCCN3CCC(c4nnc5n4CCN(C(=O)[C@@H](N)CC(C)C)C5)CC3)c21. The molecule has 406 valence electrons. The quantitative estimate of drug-likeness (QED) is 0.0494. The van der Waals surface area contributed by atoms with Gasteiger partial charge in [-0.3, -0.25) is 44.0 Å². The lowest BCUT2D eigenvalue weighted by Gasteiger charge is -2.33. The van der Waals surface area contributed by atoms with E-state index >= 15 is 0 Å². The Morgan fingerprint density at radius 2 is 1.38 bits per heavy atom. The summed E-state index contributed by atoms with van der Waals surface area (Å²) in [6.45, 7) is 17.3. The average Bonchev–Trinajstić information content (AvgIpc) is 4.27. The number of allylic oxidation sites excluding steroid dienone is 2. The van der Waals surface area contributed by atoms with Crippen molar-refractivity contribution in [3.8, 4) is 5.75 Å². The maximum Gasteiger partial charge on any atom is 0.276 e. The van der Waals surface area contributed by atoms with Crippen molar-refractivity contribution in [2.75, 3.05) is 43.4 Å². The molecular formula is C53H68N18O6. The van der Waals surface area contributed by atoms with Crippen molar-refractivity contribution >= 4 is 63.5 Å². The van der Waals surface area contributed by atoms with Crippen LogP contribution in [0.5, 0.6) is 5.75 Å². The lowest BCUT2D eigenvalue weighted by Crippen LogP contribution is -2.47. The van der Waals surface area contributed by atoms with E-state index < -0.39 is 29.7 Å². The summed E-state index contributed by atoms with van der Waals surface area (Å²) in [5, 5.41) is 23.9. The van der Waals surface area contributed by atoms with Crippen molar-refractivity contribution in [3.05, 3.63) is 100 Å². The summed E-state index contributed by atoms with van der Waals surface area (Å²) >= 11 is 0. The highest BCUT2D eigenvalue weighted by Gasteiger charge is 2.32. The van der Waals surface area contributed by atoms with Gasteiger partial charge in [0.2, 0.25) is 29.6 Å². The second kappa shape index (κ2) is 22.9. The minimum absolute atomic E-state index is 0.0383. The van der Waals surface area contributed by atoms with Gasteiger partial charge in [-0.2, -0.15) is 10.2 Å². The lowest BCUT2D eigenvalue weighted by molar-refractivity contribution is -0.134. The van der Waals surface area contributed by atoms with E-state index in [0.29, 0.717) is 109 Å². The highest BCUT2D eigenvalue weighted by Crippen LogP contribution is 2.33. The molecule has 2 aromatic carbocycles. The second-order valence-corrected chi connectivity index (χ2v) is 20.2. The van der Waals surface area contributed by atoms with E-state index in [4.69, 9.17) is 31.9 Å². The number of rotatable bonds is 21. The number of hydrogen-bond acceptors (Lipinski definition) is 14. The zero-order valence-electron chi connectivity index (χ0n) is 44.5. The number of primary amides is 2. The molecular weight excluding hydrogens is 985 g/mol. The van der Waals surface area contributed by atoms with Gasteiger partial charge in [0.15, 0.2) is 5.82 Å². The molecule has 5 aromatic heterocycles. The van der Waals surface area contributed by atoms with Gasteiger partial charge in [0, 0.05) is 62.9 Å². The fraction of sp³-hybridized carbons (Fsp3) is 0.453. The Balaban J connectivity index is 0.924. The van der Waals surface area contributed by atoms with Gasteiger partial charge in [0.25, 0.3) is 11.8 Å². The summed E-state index contributed by atoms with van der Waals surface area (Å²) in [6.07, 6.45) is 6.91. The number of aryl methyl sites for hydroxylation is 4. The van der Waals surface area contributed by atoms with Gasteiger partial charge in [0.1, 0.15) is 28.5 Å². The van der Waals surface area contributed by atoms with Crippen molar-refractivity contribution in [2.45, 2.75) is 118 Å². The molecule has 2 aliphatic heterocycles. The van der Waals surface area contributed by atoms with Crippen LogP contribution < -0.4 is 32.6 Å². The number of hydrogen-bond donors (Lipinski definition) is 5. The fourth-order valence-corrected chi connectivity index (χ4v) is 10.3. The number of carbonyl (C=O) groups excluding carboxylic acids is 5. The molecule has 24 nitrogen and oxygen atoms in total. The van der Waals surface area contributed by atoms with Gasteiger partial charge in [-0.25, -0.2) is 9.97 Å². The number of nitrogens with one attached hydrogen (secondary N) is 2. The number of fused-ring (bicyclic) bond motifs is 3. The van der Waals surface area contributed by atoms with Crippen molar-refractivity contribution in [3.63, 3.8) is 0 Å². The average molecular weight is 1050 g/mol. The summed E-state index contributed by atoms with van der Waals surface area (Å²) < 4.78 is 15.5. The molecule has 0 aliphatic carbocycles. The summed E-state index contributed by atoms with van der Waals surface area (Å²) in [4.78, 5) is 79.4. The Kier molecular flexibility index (Phi) is 15.9. The minimum Gasteiger partial charge on any atom is -0.491 e. The summed E-state index contributed by atoms with van der Waals surface area (Å²) in [6, 6.07) is 11.0. The van der Waals surface area contributed by atoms with Crippen molar-refractivity contribution in [2.24, 2.45) is 23.1 Å². The molecule has 2 aliphatic rings. The highest BCUT2D eigenvalue weighted by atomic mass is 16.5. The Morgan fingerprint density at radius 3 is 2.00 bits per heavy atom. The van der Waals surface area contributed by atoms with Crippen LogP contribution in [0.25, 0.3) is 22.1 Å². The third kappa shape index (κ3) is 11.6. The predicted octanol–water partition coefficient (Wildman–Crippen LogP) is 4.35. The standard InChI is InChI=1S/C53H68N18O6/c1-7-70-41(25-32(5)63-70)49(74)59-52-57-38-27-35(46(55)72)12-13-40(38)67(52)17-9-10-18-69-45-39(58-53(69)60-50(75)42-26-33(6)64-71(42)8-2)28-36(47(56)73)29-43(45)77-23-11-16-65-19-14-34(15-20-65)48-62-61-44-30-66(21-22-68(44)48)51(76)37(54)24-31(3)4/h9-10,12-13,25-29,31,34,37H,7-8,11,14-24,30,54H2,1-6H3,(H2,55,72)(H2,56,73)(H,57,59,74)(H,58,60,75)/b10-9+/t37-/m0/s1. The van der Waals surface area contributed by atoms with Crippen LogP contribution in [0, 0.1) is 19.8 Å². The van der Waals surface area contributed by atoms with Gasteiger partial charge < -0.3 is 45.4 Å². The molecule has 7 heterocycles. The van der Waals surface area contributed by atoms with Crippen LogP contribution in [0.1, 0.15) is 124 Å². The fourth-order valence-electron chi connectivity index (χ4n) is 10.3. The number of nitrogens with two attached hydrogens (primary N) is 3. The summed E-state index contributed by atoms with van der Waals surface area (Å²) in [5.74, 6) is 0.989. The van der Waals surface area contributed by atoms with E-state index in [1.54, 1.807) is 65.9 Å². The van der Waals surface area contributed by atoms with Crippen LogP contribution in [-0.4, -0.2) is 132 Å². The van der Waals surface area contributed by atoms with Gasteiger partial charge in [0.05, 0.1) is 47.1 Å². The van der Waals surface area contributed by atoms with E-state index in [9.17, 15) is 24.0 Å². The molecule has 9 rings (SSSR count). The third-order valence-electron chi connectivity index (χ3n) is 14.2. The van der Waals surface area contributed by atoms with E-state index in [-0.39, 0.29) is 47.9 Å². The van der Waals surface area contributed by atoms with E-state index in [0.717, 1.165) is 44.1 Å². The third-order valence-corrected chi connectivity index (χ3v) is 14.2. The molecule has 7 aromatic rings. The van der Waals surface area contributed by atoms with Crippen molar-refractivity contribution in [1.82, 2.24) is 63.2 Å². The highest BCUT2D eigenvalue weighted by molar-refractivity contribution is 6.05. The first-order valence-electron chi connectivity index (χ1n) is 26.3. The van der Waals surface area contributed by atoms with Crippen LogP contribution in [0.3, 0.4) is 0 Å². The molecule has 24 heteroatoms. The molecule has 0 bridgehead atoms. The molecule has 5 amide bonds. The molecule has 8 N–H and O–H groups in total. The molecule has 0 unspecified atom stereocenters. The number of piperidine rings is 1. The normalized spacial score (nSPS) is 14.7. The van der Waals surface area contributed by atoms with Gasteiger partial charge in [-0.15, -0.1) is 10.2 Å². The van der Waals surface area contributed by atoms with Crippen molar-refractivity contribution < 1.29 is 28.7 Å². The topological polar surface area (TPSA) is 305 Å². The molecule has 77 heavy (non-hydrogen) atoms. The maximum absolute atomic E-state index is 14.0. The number of carbonyl (C=O) groups is 5. The monoisotopic (exact) mass is 1050 g/mol. The van der Waals surface area contributed by atoms with E-state index in [1.807, 2.05) is 39.8 Å². The first kappa shape index (κ1) is 53.6. The number of imidazole rings is 2. The van der Waals surface area contributed by atoms with Crippen LogP contribution in [-0.2, 0) is 44.1 Å². The zero-order chi connectivity index (χ0) is 54.7. The van der Waals surface area contributed by atoms with Crippen LogP contribution in [0.15, 0.2) is 54.6 Å². The van der Waals surface area contributed by atoms with E-state index in [2.05, 4.69) is 54.3 Å². The van der Waals surface area contributed by atoms with Crippen molar-refractivity contribution in [1.29, 1.82) is 0 Å². The number of amides is 5. The minimum atomic E-state index is -0.666. The maximum atomic E-state index is 14.0. The van der Waals surface area contributed by atoms with Gasteiger partial charge in [-0.05, 0) is 115 Å². The Labute approximate surface area is 445 Å². The molecule has 0 radical (unpaired) electrons. The number of nitrogens with zero attached hydrogens (tertiary/aromatic N) is 13. The number of anilines is 2. The molecule has 1 saturated heterocycles. The summed E-state index contributed by atoms with van der Waals surface area (Å²) in [5.41, 5.74) is 22.3. The van der Waals surface area contributed by atoms with Gasteiger partial charge >= 0.3 is 0 Å². The first-order chi connectivity index (χ1) is 37.0. The largest absolute Gasteiger partial charge is 0.491 e. The number of likely N-dealkylation sites (tertiary alicyclic amines) is 1. The smallest absolute Gasteiger partial charge is 0.276 e. The predicted molar refractivity (Wildman–Crippen MR) is 288 cm³/mol. The lowest BCUT2D eigenvalue weighted by atomic mass is 9.95. The first-order valence-corrected chi connectivity index (χ1v) is 26.3. The number of ether oxygens (including phenoxy) is 1. The van der Waals surface area contributed by atoms with E-state index in [1.165, 1.54) is 0 Å². The summed E-state index contributed by atoms with van der Waals surface area (Å²) in [7, 11) is 0. The second-order valence-electron chi connectivity index (χ2n) is 20.2. The molecule has 1 fully saturated rings. The Hall–Kier alpha value is -8.25. The van der Waals surface area contributed by atoms with Gasteiger partial charge in [-0.1, -0.05) is 26.0 Å². The van der Waals surface area contributed by atoms with Crippen LogP contribution in [0.4, 0.5) is 11.9 Å². The molecule has 0 spiro atoms. The Bertz CT molecular complexity index is 3390. The number of aromatic nitrogens is 11. The number of benzene rings is 2. The zero-order valence-corrected chi connectivity index (χ0v) is 44.5.